The molecule has 1 aliphatic heterocycles. The molecule has 2 heterocycles. The van der Waals surface area contributed by atoms with E-state index in [4.69, 9.17) is 4.99 Å². The molecule has 2 aliphatic rings. The molecular weight excluding hydrogens is 386 g/mol. The van der Waals surface area contributed by atoms with Crippen LogP contribution in [-0.4, -0.2) is 69.3 Å². The van der Waals surface area contributed by atoms with E-state index in [0.29, 0.717) is 12.6 Å². The Bertz CT molecular complexity index is 873. The highest BCUT2D eigenvalue weighted by molar-refractivity contribution is 5.80. The molecule has 1 N–H and O–H groups in total. The predicted molar refractivity (Wildman–Crippen MR) is 126 cm³/mol. The molecule has 0 amide bonds. The van der Waals surface area contributed by atoms with Gasteiger partial charge in [0.05, 0.1) is 0 Å². The minimum absolute atomic E-state index is 0.548. The summed E-state index contributed by atoms with van der Waals surface area (Å²) in [4.78, 5) is 9.88. The molecular formula is C24H35N7. The lowest BCUT2D eigenvalue weighted by molar-refractivity contribution is 0.193. The molecule has 0 spiro atoms. The van der Waals surface area contributed by atoms with Crippen LogP contribution in [0.3, 0.4) is 0 Å². The second-order valence-electron chi connectivity index (χ2n) is 8.59. The van der Waals surface area contributed by atoms with Crippen LogP contribution in [0, 0.1) is 6.92 Å². The maximum absolute atomic E-state index is 4.96. The molecule has 2 fully saturated rings. The van der Waals surface area contributed by atoms with Crippen molar-refractivity contribution in [3.8, 4) is 0 Å². The van der Waals surface area contributed by atoms with E-state index in [-0.39, 0.29) is 0 Å². The average molecular weight is 422 g/mol. The number of guanidine groups is 1. The molecule has 0 atom stereocenters. The van der Waals surface area contributed by atoms with Crippen molar-refractivity contribution in [2.45, 2.75) is 45.2 Å². The van der Waals surface area contributed by atoms with Gasteiger partial charge in [-0.05, 0) is 25.3 Å². The fourth-order valence-electron chi connectivity index (χ4n) is 4.27. The van der Waals surface area contributed by atoms with E-state index in [1.807, 2.05) is 18.5 Å². The summed E-state index contributed by atoms with van der Waals surface area (Å²) in [6, 6.07) is 11.1. The molecule has 1 aliphatic carbocycles. The number of hydrogen-bond donors (Lipinski definition) is 1. The molecule has 0 bridgehead atoms. The van der Waals surface area contributed by atoms with Crippen molar-refractivity contribution in [3.63, 3.8) is 0 Å². The molecule has 1 aromatic carbocycles. The third-order valence-corrected chi connectivity index (χ3v) is 6.39. The molecule has 166 valence electrons. The van der Waals surface area contributed by atoms with Gasteiger partial charge >= 0.3 is 0 Å². The van der Waals surface area contributed by atoms with E-state index < -0.39 is 0 Å². The van der Waals surface area contributed by atoms with Crippen LogP contribution in [0.4, 0.5) is 0 Å². The van der Waals surface area contributed by atoms with Gasteiger partial charge in [-0.15, -0.1) is 10.2 Å². The zero-order valence-corrected chi connectivity index (χ0v) is 18.9. The van der Waals surface area contributed by atoms with Gasteiger partial charge in [-0.2, -0.15) is 0 Å². The van der Waals surface area contributed by atoms with Gasteiger partial charge < -0.3 is 14.8 Å². The van der Waals surface area contributed by atoms with Crippen LogP contribution in [0.2, 0.25) is 0 Å². The topological polar surface area (TPSA) is 61.6 Å². The van der Waals surface area contributed by atoms with Gasteiger partial charge in [0.15, 0.2) is 11.8 Å². The lowest BCUT2D eigenvalue weighted by Gasteiger charge is -2.37. The summed E-state index contributed by atoms with van der Waals surface area (Å²) < 4.78 is 2.02. The van der Waals surface area contributed by atoms with E-state index in [1.165, 1.54) is 31.2 Å². The van der Waals surface area contributed by atoms with Gasteiger partial charge in [0, 0.05) is 45.8 Å². The van der Waals surface area contributed by atoms with E-state index in [0.717, 1.165) is 50.3 Å². The Hall–Kier alpha value is -2.67. The highest BCUT2D eigenvalue weighted by Crippen LogP contribution is 2.18. The number of hydrogen-bond acceptors (Lipinski definition) is 4. The number of nitrogens with zero attached hydrogens (tertiary/aromatic N) is 6. The Labute approximate surface area is 185 Å². The van der Waals surface area contributed by atoms with Crippen LogP contribution in [-0.2, 0) is 13.6 Å². The SMILES string of the molecule is Cc1nnc(CN=C(NC2CCCC2)N2CCN(C/C=C/c3ccccc3)CC2)n1C. The Kier molecular flexibility index (Phi) is 7.35. The lowest BCUT2D eigenvalue weighted by Crippen LogP contribution is -2.53. The molecule has 31 heavy (non-hydrogen) atoms. The third-order valence-electron chi connectivity index (χ3n) is 6.39. The monoisotopic (exact) mass is 421 g/mol. The van der Waals surface area contributed by atoms with Crippen LogP contribution in [0.1, 0.15) is 42.9 Å². The van der Waals surface area contributed by atoms with Crippen molar-refractivity contribution >= 4 is 12.0 Å². The highest BCUT2D eigenvalue weighted by Gasteiger charge is 2.23. The van der Waals surface area contributed by atoms with Gasteiger partial charge in [0.2, 0.25) is 0 Å². The number of rotatable bonds is 6. The standard InChI is InChI=1S/C24H35N7/c1-20-27-28-23(29(20)2)19-25-24(26-22-12-6-7-13-22)31-17-15-30(16-18-31)14-8-11-21-9-4-3-5-10-21/h3-5,8-11,22H,6-7,12-19H2,1-2H3,(H,25,26)/b11-8+. The molecule has 4 rings (SSSR count). The van der Waals surface area contributed by atoms with Crippen LogP contribution in [0.25, 0.3) is 6.08 Å². The molecule has 0 radical (unpaired) electrons. The first-order valence-corrected chi connectivity index (χ1v) is 11.5. The number of aliphatic imine (C=N–C) groups is 1. The zero-order chi connectivity index (χ0) is 21.5. The van der Waals surface area contributed by atoms with Crippen molar-refractivity contribution in [3.05, 3.63) is 53.6 Å². The van der Waals surface area contributed by atoms with E-state index in [2.05, 4.69) is 67.8 Å². The van der Waals surface area contributed by atoms with Crippen molar-refractivity contribution in [1.82, 2.24) is 29.9 Å². The Morgan fingerprint density at radius 2 is 1.84 bits per heavy atom. The van der Waals surface area contributed by atoms with E-state index in [1.54, 1.807) is 0 Å². The fourth-order valence-corrected chi connectivity index (χ4v) is 4.27. The molecule has 0 unspecified atom stereocenters. The van der Waals surface area contributed by atoms with Crippen LogP contribution < -0.4 is 5.32 Å². The summed E-state index contributed by atoms with van der Waals surface area (Å²) in [5.41, 5.74) is 1.26. The normalized spacial score (nSPS) is 18.9. The zero-order valence-electron chi connectivity index (χ0n) is 18.9. The number of benzene rings is 1. The Balaban J connectivity index is 1.34. The summed E-state index contributed by atoms with van der Waals surface area (Å²) in [5.74, 6) is 2.87. The summed E-state index contributed by atoms with van der Waals surface area (Å²) in [7, 11) is 2.01. The van der Waals surface area contributed by atoms with Gasteiger partial charge in [-0.25, -0.2) is 4.99 Å². The quantitative estimate of drug-likeness (QED) is 0.574. The molecule has 1 aromatic heterocycles. The number of nitrogens with one attached hydrogen (secondary N) is 1. The summed E-state index contributed by atoms with van der Waals surface area (Å²) in [6.07, 6.45) is 9.60. The molecule has 7 nitrogen and oxygen atoms in total. The smallest absolute Gasteiger partial charge is 0.194 e. The second kappa shape index (κ2) is 10.6. The molecule has 1 saturated heterocycles. The molecule has 7 heteroatoms. The van der Waals surface area contributed by atoms with E-state index >= 15 is 0 Å². The Morgan fingerprint density at radius 1 is 1.10 bits per heavy atom. The fraction of sp³-hybridized carbons (Fsp3) is 0.542. The highest BCUT2D eigenvalue weighted by atomic mass is 15.4. The first kappa shape index (κ1) is 21.6. The van der Waals surface area contributed by atoms with Crippen LogP contribution in [0.5, 0.6) is 0 Å². The van der Waals surface area contributed by atoms with Crippen molar-refractivity contribution < 1.29 is 0 Å². The molecule has 1 saturated carbocycles. The van der Waals surface area contributed by atoms with Crippen LogP contribution in [0.15, 0.2) is 41.4 Å². The Morgan fingerprint density at radius 3 is 2.52 bits per heavy atom. The van der Waals surface area contributed by atoms with E-state index in [9.17, 15) is 0 Å². The maximum Gasteiger partial charge on any atom is 0.194 e. The maximum atomic E-state index is 4.96. The summed E-state index contributed by atoms with van der Waals surface area (Å²) in [5, 5.41) is 12.2. The van der Waals surface area contributed by atoms with Gasteiger partial charge in [-0.3, -0.25) is 4.90 Å². The summed E-state index contributed by atoms with van der Waals surface area (Å²) >= 11 is 0. The minimum atomic E-state index is 0.548. The summed E-state index contributed by atoms with van der Waals surface area (Å²) in [6.45, 7) is 7.62. The molecule has 2 aromatic rings. The number of aryl methyl sites for hydroxylation is 1. The average Bonchev–Trinajstić information content (AvgIpc) is 3.43. The second-order valence-corrected chi connectivity index (χ2v) is 8.59. The van der Waals surface area contributed by atoms with Crippen molar-refractivity contribution in [1.29, 1.82) is 0 Å². The lowest BCUT2D eigenvalue weighted by atomic mass is 10.2. The van der Waals surface area contributed by atoms with Gasteiger partial charge in [0.25, 0.3) is 0 Å². The first-order chi connectivity index (χ1) is 15.2. The minimum Gasteiger partial charge on any atom is -0.353 e. The number of aromatic nitrogens is 3. The van der Waals surface area contributed by atoms with Crippen molar-refractivity contribution in [2.75, 3.05) is 32.7 Å². The van der Waals surface area contributed by atoms with Crippen LogP contribution >= 0.6 is 0 Å². The predicted octanol–water partition coefficient (Wildman–Crippen LogP) is 2.84. The van der Waals surface area contributed by atoms with Gasteiger partial charge in [0.1, 0.15) is 12.4 Å². The largest absolute Gasteiger partial charge is 0.353 e. The number of piperazine rings is 1. The first-order valence-electron chi connectivity index (χ1n) is 11.5. The third kappa shape index (κ3) is 5.94. The van der Waals surface area contributed by atoms with Gasteiger partial charge in [-0.1, -0.05) is 55.3 Å². The van der Waals surface area contributed by atoms with Crippen molar-refractivity contribution in [2.24, 2.45) is 12.0 Å².